The van der Waals surface area contributed by atoms with E-state index in [1.165, 1.54) is 0 Å². The van der Waals surface area contributed by atoms with Crippen molar-refractivity contribution in [2.75, 3.05) is 4.90 Å². The van der Waals surface area contributed by atoms with Crippen molar-refractivity contribution in [1.82, 2.24) is 15.0 Å². The molecule has 1 aliphatic heterocycles. The Morgan fingerprint density at radius 1 is 1.00 bits per heavy atom. The van der Waals surface area contributed by atoms with Crippen LogP contribution in [0.25, 0.3) is 22.5 Å². The lowest BCUT2D eigenvalue weighted by Crippen LogP contribution is -2.29. The minimum absolute atomic E-state index is 0.0157. The van der Waals surface area contributed by atoms with Crippen LogP contribution in [-0.4, -0.2) is 20.9 Å². The highest BCUT2D eigenvalue weighted by molar-refractivity contribution is 5.99. The lowest BCUT2D eigenvalue weighted by molar-refractivity contribution is -0.116. The number of fused-ring (bicyclic) bond motifs is 5. The van der Waals surface area contributed by atoms with E-state index >= 15 is 0 Å². The maximum absolute atomic E-state index is 12.3. The largest absolute Gasteiger partial charge is 0.308 e. The van der Waals surface area contributed by atoms with Crippen LogP contribution in [0.3, 0.4) is 0 Å². The third-order valence-electron chi connectivity index (χ3n) is 4.61. The predicted octanol–water partition coefficient (Wildman–Crippen LogP) is 5.09. The summed E-state index contributed by atoms with van der Waals surface area (Å²) in [5.74, 6) is 0.0157. The van der Waals surface area contributed by atoms with Crippen molar-refractivity contribution in [3.8, 4) is 22.5 Å². The molecule has 0 fully saturated rings. The number of benzene rings is 2. The summed E-state index contributed by atoms with van der Waals surface area (Å²) in [5, 5.41) is 8.90. The number of para-hydroxylation sites is 1. The van der Waals surface area contributed by atoms with Crippen LogP contribution in [0.1, 0.15) is 46.2 Å². The summed E-state index contributed by atoms with van der Waals surface area (Å²) < 4.78 is 1.97. The lowest BCUT2D eigenvalue weighted by atomic mass is 9.95. The monoisotopic (exact) mass is 362 g/mol. The Bertz CT molecular complexity index is 958. The van der Waals surface area contributed by atoms with Gasteiger partial charge in [0.25, 0.3) is 0 Å². The Morgan fingerprint density at radius 3 is 2.30 bits per heavy atom. The first kappa shape index (κ1) is 18.8. The molecule has 0 N–H and O–H groups in total. The van der Waals surface area contributed by atoms with Crippen molar-refractivity contribution in [2.45, 2.75) is 47.2 Å². The molecule has 1 aliphatic rings. The summed E-state index contributed by atoms with van der Waals surface area (Å²) in [5.41, 5.74) is 5.83. The molecule has 0 atom stereocenters. The molecule has 5 nitrogen and oxygen atoms in total. The minimum Gasteiger partial charge on any atom is -0.308 e. The average Bonchev–Trinajstić information content (AvgIpc) is 3.11. The van der Waals surface area contributed by atoms with E-state index in [-0.39, 0.29) is 11.9 Å². The van der Waals surface area contributed by atoms with Gasteiger partial charge in [-0.25, -0.2) is 4.68 Å². The molecule has 3 aromatic rings. The summed E-state index contributed by atoms with van der Waals surface area (Å²) in [6.45, 7) is 10.3. The minimum atomic E-state index is 0.0157. The smallest absolute Gasteiger partial charge is 0.224 e. The molecule has 1 amide bonds. The Balaban J connectivity index is 0.00000102. The summed E-state index contributed by atoms with van der Waals surface area (Å²) in [4.78, 5) is 14.2. The van der Waals surface area contributed by atoms with Gasteiger partial charge < -0.3 is 4.90 Å². The number of hydrogen-bond acceptors (Lipinski definition) is 3. The van der Waals surface area contributed by atoms with Gasteiger partial charge in [0.15, 0.2) is 0 Å². The number of carbonyl (C=O) groups excluding carboxylic acids is 1. The van der Waals surface area contributed by atoms with E-state index in [2.05, 4.69) is 36.3 Å². The van der Waals surface area contributed by atoms with Gasteiger partial charge in [-0.1, -0.05) is 61.5 Å². The fourth-order valence-corrected chi connectivity index (χ4v) is 3.42. The molecule has 140 valence electrons. The second-order valence-corrected chi connectivity index (χ2v) is 6.60. The molecule has 1 aromatic heterocycles. The van der Waals surface area contributed by atoms with Crippen LogP contribution in [0.2, 0.25) is 0 Å². The van der Waals surface area contributed by atoms with E-state index < -0.39 is 0 Å². The molecule has 27 heavy (non-hydrogen) atoms. The lowest BCUT2D eigenvalue weighted by Gasteiger charge is -2.27. The fourth-order valence-electron chi connectivity index (χ4n) is 3.42. The topological polar surface area (TPSA) is 51.0 Å². The zero-order chi connectivity index (χ0) is 19.6. The number of aromatic nitrogens is 3. The van der Waals surface area contributed by atoms with Crippen LogP contribution in [0.5, 0.6) is 0 Å². The molecule has 0 bridgehead atoms. The summed E-state index contributed by atoms with van der Waals surface area (Å²) in [6, 6.07) is 16.3. The van der Waals surface area contributed by atoms with E-state index in [1.807, 2.05) is 59.8 Å². The van der Waals surface area contributed by atoms with E-state index in [0.717, 1.165) is 33.8 Å². The van der Waals surface area contributed by atoms with Gasteiger partial charge in [0.2, 0.25) is 5.91 Å². The normalized spacial score (nSPS) is 12.1. The molecule has 0 saturated carbocycles. The summed E-state index contributed by atoms with van der Waals surface area (Å²) in [6.07, 6.45) is 0. The van der Waals surface area contributed by atoms with Crippen LogP contribution in [0, 0.1) is 0 Å². The van der Waals surface area contributed by atoms with Gasteiger partial charge in [0.1, 0.15) is 5.69 Å². The molecule has 0 saturated heterocycles. The number of amides is 1. The highest BCUT2D eigenvalue weighted by Gasteiger charge is 2.28. The van der Waals surface area contributed by atoms with E-state index in [9.17, 15) is 4.79 Å². The number of rotatable bonds is 1. The van der Waals surface area contributed by atoms with Crippen molar-refractivity contribution in [3.63, 3.8) is 0 Å². The summed E-state index contributed by atoms with van der Waals surface area (Å²) in [7, 11) is 0. The van der Waals surface area contributed by atoms with Crippen molar-refractivity contribution in [2.24, 2.45) is 0 Å². The van der Waals surface area contributed by atoms with Crippen molar-refractivity contribution >= 4 is 11.6 Å². The second kappa shape index (κ2) is 7.74. The van der Waals surface area contributed by atoms with E-state index in [0.29, 0.717) is 6.54 Å². The molecule has 4 rings (SSSR count). The predicted molar refractivity (Wildman–Crippen MR) is 109 cm³/mol. The third-order valence-corrected chi connectivity index (χ3v) is 4.61. The van der Waals surface area contributed by atoms with Crippen molar-refractivity contribution < 1.29 is 4.79 Å². The summed E-state index contributed by atoms with van der Waals surface area (Å²) >= 11 is 0. The maximum atomic E-state index is 12.3. The average molecular weight is 362 g/mol. The molecule has 0 unspecified atom stereocenters. The first-order chi connectivity index (χ1) is 13.1. The molecule has 5 heteroatoms. The third kappa shape index (κ3) is 3.25. The zero-order valence-corrected chi connectivity index (χ0v) is 16.6. The highest BCUT2D eigenvalue weighted by atomic mass is 16.2. The van der Waals surface area contributed by atoms with Gasteiger partial charge in [-0.05, 0) is 25.5 Å². The standard InChI is InChI=1S/C20H20N4O.C2H6/c1-13(2)24-20-16-9-5-4-8-15(16)12-23(14(3)25)18-11-7-6-10-17(18)19(20)21-22-24;1-2/h4-11,13H,12H2,1-3H3;1-2H3. The van der Waals surface area contributed by atoms with Crippen molar-refractivity contribution in [3.05, 3.63) is 54.1 Å². The SMILES string of the molecule is CC.CC(=O)N1Cc2ccccc2-c2c(nnn2C(C)C)-c2ccccc21. The molecular weight excluding hydrogens is 336 g/mol. The van der Waals surface area contributed by atoms with Crippen LogP contribution in [-0.2, 0) is 11.3 Å². The Labute approximate surface area is 160 Å². The van der Waals surface area contributed by atoms with Crippen LogP contribution in [0.15, 0.2) is 48.5 Å². The zero-order valence-electron chi connectivity index (χ0n) is 16.6. The number of anilines is 1. The molecule has 2 aromatic carbocycles. The maximum Gasteiger partial charge on any atom is 0.224 e. The molecule has 0 aliphatic carbocycles. The highest BCUT2D eigenvalue weighted by Crippen LogP contribution is 2.41. The number of hydrogen-bond donors (Lipinski definition) is 0. The van der Waals surface area contributed by atoms with E-state index in [4.69, 9.17) is 0 Å². The van der Waals surface area contributed by atoms with Crippen LogP contribution < -0.4 is 4.90 Å². The van der Waals surface area contributed by atoms with Gasteiger partial charge in [-0.2, -0.15) is 0 Å². The van der Waals surface area contributed by atoms with Crippen LogP contribution in [0.4, 0.5) is 5.69 Å². The quantitative estimate of drug-likeness (QED) is 0.606. The van der Waals surface area contributed by atoms with E-state index in [1.54, 1.807) is 6.92 Å². The Kier molecular flexibility index (Phi) is 5.40. The molecule has 0 spiro atoms. The van der Waals surface area contributed by atoms with Gasteiger partial charge >= 0.3 is 0 Å². The molecule has 0 radical (unpaired) electrons. The van der Waals surface area contributed by atoms with Gasteiger partial charge in [0.05, 0.1) is 17.9 Å². The first-order valence-electron chi connectivity index (χ1n) is 9.49. The number of nitrogens with zero attached hydrogens (tertiary/aromatic N) is 4. The second-order valence-electron chi connectivity index (χ2n) is 6.60. The number of carbonyl (C=O) groups is 1. The fraction of sp³-hybridized carbons (Fsp3) is 0.318. The Morgan fingerprint density at radius 2 is 1.63 bits per heavy atom. The van der Waals surface area contributed by atoms with Gasteiger partial charge in [0, 0.05) is 24.1 Å². The van der Waals surface area contributed by atoms with Gasteiger partial charge in [-0.3, -0.25) is 4.79 Å². The molecule has 2 heterocycles. The van der Waals surface area contributed by atoms with Crippen molar-refractivity contribution in [1.29, 1.82) is 0 Å². The first-order valence-corrected chi connectivity index (χ1v) is 9.49. The molecular formula is C22H26N4O. The van der Waals surface area contributed by atoms with Crippen LogP contribution >= 0.6 is 0 Å². The van der Waals surface area contributed by atoms with Gasteiger partial charge in [-0.15, -0.1) is 5.10 Å². The Hall–Kier alpha value is -2.95.